The van der Waals surface area contributed by atoms with Gasteiger partial charge in [0.1, 0.15) is 0 Å². The van der Waals surface area contributed by atoms with Crippen molar-refractivity contribution in [1.29, 1.82) is 0 Å². The summed E-state index contributed by atoms with van der Waals surface area (Å²) >= 11 is 0. The number of imidazole rings is 1. The van der Waals surface area contributed by atoms with Crippen molar-refractivity contribution in [2.45, 2.75) is 25.4 Å². The van der Waals surface area contributed by atoms with Crippen LogP contribution in [0.25, 0.3) is 11.0 Å². The Kier molecular flexibility index (Phi) is 2.78. The van der Waals surface area contributed by atoms with Gasteiger partial charge >= 0.3 is 0 Å². The van der Waals surface area contributed by atoms with Crippen molar-refractivity contribution in [3.63, 3.8) is 0 Å². The van der Waals surface area contributed by atoms with Gasteiger partial charge in [-0.3, -0.25) is 4.79 Å². The molecule has 0 unspecified atom stereocenters. The van der Waals surface area contributed by atoms with Gasteiger partial charge in [-0.15, -0.1) is 0 Å². The molecule has 2 heterocycles. The van der Waals surface area contributed by atoms with Crippen LogP contribution in [0.15, 0.2) is 24.5 Å². The lowest BCUT2D eigenvalue weighted by atomic mass is 9.93. The van der Waals surface area contributed by atoms with Crippen LogP contribution in [-0.2, 0) is 0 Å². The molecule has 0 aliphatic carbocycles. The van der Waals surface area contributed by atoms with Gasteiger partial charge in [0, 0.05) is 18.7 Å². The smallest absolute Gasteiger partial charge is 0.253 e. The number of aliphatic hydroxyl groups is 1. The van der Waals surface area contributed by atoms with Crippen molar-refractivity contribution in [3.8, 4) is 0 Å². The summed E-state index contributed by atoms with van der Waals surface area (Å²) in [7, 11) is 0. The van der Waals surface area contributed by atoms with Gasteiger partial charge in [-0.05, 0) is 38.0 Å². The number of nitrogens with one attached hydrogen (secondary N) is 1. The van der Waals surface area contributed by atoms with Crippen LogP contribution in [0, 0.1) is 0 Å². The molecule has 0 bridgehead atoms. The zero-order valence-corrected chi connectivity index (χ0v) is 10.9. The molecule has 1 saturated heterocycles. The number of aromatic amines is 1. The molecular formula is C14H17N3O2. The first-order valence-corrected chi connectivity index (χ1v) is 6.50. The highest BCUT2D eigenvalue weighted by Crippen LogP contribution is 2.23. The van der Waals surface area contributed by atoms with Crippen LogP contribution in [0.1, 0.15) is 30.1 Å². The van der Waals surface area contributed by atoms with Crippen molar-refractivity contribution in [2.75, 3.05) is 13.1 Å². The van der Waals surface area contributed by atoms with Crippen molar-refractivity contribution in [1.82, 2.24) is 14.9 Å². The van der Waals surface area contributed by atoms with Crippen molar-refractivity contribution in [2.24, 2.45) is 0 Å². The third kappa shape index (κ3) is 2.33. The summed E-state index contributed by atoms with van der Waals surface area (Å²) in [6.45, 7) is 3.03. The second-order valence-corrected chi connectivity index (χ2v) is 5.42. The van der Waals surface area contributed by atoms with Gasteiger partial charge in [-0.1, -0.05) is 0 Å². The lowest BCUT2D eigenvalue weighted by molar-refractivity contribution is -0.00202. The van der Waals surface area contributed by atoms with E-state index in [9.17, 15) is 9.90 Å². The summed E-state index contributed by atoms with van der Waals surface area (Å²) in [6.07, 6.45) is 2.88. The first kappa shape index (κ1) is 12.2. The Morgan fingerprint density at radius 1 is 1.42 bits per heavy atom. The molecule has 2 aromatic rings. The second kappa shape index (κ2) is 4.35. The fourth-order valence-corrected chi connectivity index (χ4v) is 2.44. The molecule has 0 atom stereocenters. The fourth-order valence-electron chi connectivity index (χ4n) is 2.44. The molecule has 1 aliphatic rings. The first-order chi connectivity index (χ1) is 9.05. The highest BCUT2D eigenvalue weighted by atomic mass is 16.3. The average Bonchev–Trinajstić information content (AvgIpc) is 2.85. The van der Waals surface area contributed by atoms with Gasteiger partial charge in [0.25, 0.3) is 5.91 Å². The van der Waals surface area contributed by atoms with E-state index in [0.29, 0.717) is 31.5 Å². The molecular weight excluding hydrogens is 242 g/mol. The number of piperidine rings is 1. The number of carbonyl (C=O) groups is 1. The summed E-state index contributed by atoms with van der Waals surface area (Å²) in [4.78, 5) is 21.3. The number of nitrogens with zero attached hydrogens (tertiary/aromatic N) is 2. The standard InChI is InChI=1S/C14H17N3O2/c1-14(19)4-6-17(7-5-14)13(18)10-2-3-11-12(8-10)16-9-15-11/h2-3,8-9,19H,4-7H2,1H3,(H,15,16). The van der Waals surface area contributed by atoms with Gasteiger partial charge in [-0.2, -0.15) is 0 Å². The van der Waals surface area contributed by atoms with E-state index in [2.05, 4.69) is 9.97 Å². The predicted octanol–water partition coefficient (Wildman–Crippen LogP) is 1.55. The highest BCUT2D eigenvalue weighted by molar-refractivity contribution is 5.97. The average molecular weight is 259 g/mol. The van der Waals surface area contributed by atoms with E-state index in [1.165, 1.54) is 0 Å². The molecule has 1 aromatic heterocycles. The summed E-state index contributed by atoms with van der Waals surface area (Å²) in [5, 5.41) is 9.91. The Morgan fingerprint density at radius 3 is 2.89 bits per heavy atom. The van der Waals surface area contributed by atoms with E-state index < -0.39 is 5.60 Å². The van der Waals surface area contributed by atoms with Crippen LogP contribution in [0.5, 0.6) is 0 Å². The number of amides is 1. The van der Waals surface area contributed by atoms with Crippen LogP contribution in [0.2, 0.25) is 0 Å². The molecule has 0 radical (unpaired) electrons. The molecule has 2 N–H and O–H groups in total. The van der Waals surface area contributed by atoms with Crippen LogP contribution >= 0.6 is 0 Å². The van der Waals surface area contributed by atoms with Crippen molar-refractivity contribution < 1.29 is 9.90 Å². The molecule has 0 spiro atoms. The Hall–Kier alpha value is -1.88. The first-order valence-electron chi connectivity index (χ1n) is 6.50. The highest BCUT2D eigenvalue weighted by Gasteiger charge is 2.29. The van der Waals surface area contributed by atoms with Gasteiger partial charge in [0.2, 0.25) is 0 Å². The van der Waals surface area contributed by atoms with Crippen LogP contribution in [0.3, 0.4) is 0 Å². The third-order valence-corrected chi connectivity index (χ3v) is 3.80. The van der Waals surface area contributed by atoms with Crippen LogP contribution in [0.4, 0.5) is 0 Å². The molecule has 19 heavy (non-hydrogen) atoms. The van der Waals surface area contributed by atoms with E-state index in [0.717, 1.165) is 11.0 Å². The van der Waals surface area contributed by atoms with Crippen molar-refractivity contribution >= 4 is 16.9 Å². The summed E-state index contributed by atoms with van der Waals surface area (Å²) in [5.74, 6) is 0.0204. The quantitative estimate of drug-likeness (QED) is 0.816. The second-order valence-electron chi connectivity index (χ2n) is 5.42. The lowest BCUT2D eigenvalue weighted by Gasteiger charge is -2.35. The zero-order chi connectivity index (χ0) is 13.5. The van der Waals surface area contributed by atoms with Crippen molar-refractivity contribution in [3.05, 3.63) is 30.1 Å². The van der Waals surface area contributed by atoms with Crippen LogP contribution in [-0.4, -0.2) is 44.6 Å². The van der Waals surface area contributed by atoms with E-state index in [1.807, 2.05) is 19.1 Å². The SMILES string of the molecule is CC1(O)CCN(C(=O)c2ccc3nc[nH]c3c2)CC1. The normalized spacial score (nSPS) is 18.7. The molecule has 1 fully saturated rings. The maximum absolute atomic E-state index is 12.4. The molecule has 0 saturated carbocycles. The summed E-state index contributed by atoms with van der Waals surface area (Å²) in [5.41, 5.74) is 1.76. The summed E-state index contributed by atoms with van der Waals surface area (Å²) < 4.78 is 0. The number of likely N-dealkylation sites (tertiary alicyclic amines) is 1. The molecule has 5 heteroatoms. The Balaban J connectivity index is 1.80. The van der Waals surface area contributed by atoms with E-state index >= 15 is 0 Å². The van der Waals surface area contributed by atoms with E-state index in [1.54, 1.807) is 17.3 Å². The number of H-pyrrole nitrogens is 1. The molecule has 5 nitrogen and oxygen atoms in total. The summed E-state index contributed by atoms with van der Waals surface area (Å²) in [6, 6.07) is 5.48. The zero-order valence-electron chi connectivity index (χ0n) is 10.9. The van der Waals surface area contributed by atoms with Gasteiger partial charge in [-0.25, -0.2) is 4.98 Å². The number of fused-ring (bicyclic) bond motifs is 1. The van der Waals surface area contributed by atoms with Gasteiger partial charge in [0.15, 0.2) is 0 Å². The number of benzene rings is 1. The Morgan fingerprint density at radius 2 is 2.16 bits per heavy atom. The number of hydrogen-bond acceptors (Lipinski definition) is 3. The lowest BCUT2D eigenvalue weighted by Crippen LogP contribution is -2.45. The molecule has 1 aromatic carbocycles. The number of aromatic nitrogens is 2. The minimum atomic E-state index is -0.635. The van der Waals surface area contributed by atoms with E-state index in [-0.39, 0.29) is 5.91 Å². The van der Waals surface area contributed by atoms with E-state index in [4.69, 9.17) is 0 Å². The minimum absolute atomic E-state index is 0.0204. The largest absolute Gasteiger partial charge is 0.390 e. The third-order valence-electron chi connectivity index (χ3n) is 3.80. The maximum atomic E-state index is 12.4. The maximum Gasteiger partial charge on any atom is 0.253 e. The molecule has 1 aliphatic heterocycles. The van der Waals surface area contributed by atoms with Gasteiger partial charge < -0.3 is 15.0 Å². The van der Waals surface area contributed by atoms with Crippen LogP contribution < -0.4 is 0 Å². The number of carbonyl (C=O) groups excluding carboxylic acids is 1. The predicted molar refractivity (Wildman–Crippen MR) is 71.9 cm³/mol. The Labute approximate surface area is 111 Å². The fraction of sp³-hybridized carbons (Fsp3) is 0.429. The minimum Gasteiger partial charge on any atom is -0.390 e. The topological polar surface area (TPSA) is 69.2 Å². The number of rotatable bonds is 1. The molecule has 100 valence electrons. The number of hydrogen-bond donors (Lipinski definition) is 2. The molecule has 3 rings (SSSR count). The monoisotopic (exact) mass is 259 g/mol. The molecule has 1 amide bonds. The van der Waals surface area contributed by atoms with Gasteiger partial charge in [0.05, 0.1) is 23.0 Å². The Bertz CT molecular complexity index is 608.